The van der Waals surface area contributed by atoms with E-state index in [9.17, 15) is 8.78 Å². The lowest BCUT2D eigenvalue weighted by atomic mass is 10.0. The van der Waals surface area contributed by atoms with Crippen LogP contribution < -0.4 is 10.2 Å². The lowest BCUT2D eigenvalue weighted by Crippen LogP contribution is -2.40. The van der Waals surface area contributed by atoms with Gasteiger partial charge in [-0.1, -0.05) is 13.0 Å². The molecule has 0 aliphatic carbocycles. The van der Waals surface area contributed by atoms with Crippen LogP contribution in [0.4, 0.5) is 26.2 Å². The number of para-hydroxylation sites is 1. The van der Waals surface area contributed by atoms with E-state index in [2.05, 4.69) is 32.3 Å². The van der Waals surface area contributed by atoms with Crippen molar-refractivity contribution in [2.24, 2.45) is 0 Å². The van der Waals surface area contributed by atoms with Crippen molar-refractivity contribution in [2.75, 3.05) is 16.8 Å². The molecule has 5 nitrogen and oxygen atoms in total. The van der Waals surface area contributed by atoms with Gasteiger partial charge in [-0.15, -0.1) is 5.10 Å². The Bertz CT molecular complexity index is 659. The maximum absolute atomic E-state index is 13.7. The third-order valence-corrected chi connectivity index (χ3v) is 4.12. The van der Waals surface area contributed by atoms with Gasteiger partial charge in [-0.3, -0.25) is 0 Å². The molecule has 1 unspecified atom stereocenters. The number of aromatic nitrogens is 3. The number of hydrogen-bond acceptors (Lipinski definition) is 5. The molecule has 0 amide bonds. The normalized spacial score (nSPS) is 18.0. The van der Waals surface area contributed by atoms with E-state index in [1.807, 2.05) is 0 Å². The van der Waals surface area contributed by atoms with Crippen LogP contribution in [0.3, 0.4) is 0 Å². The molecule has 122 valence electrons. The molecule has 2 aromatic rings. The molecule has 1 saturated heterocycles. The number of benzene rings is 1. The van der Waals surface area contributed by atoms with Gasteiger partial charge in [0, 0.05) is 12.6 Å². The van der Waals surface area contributed by atoms with Crippen molar-refractivity contribution in [2.45, 2.75) is 38.6 Å². The van der Waals surface area contributed by atoms with Crippen LogP contribution in [0.15, 0.2) is 24.4 Å². The smallest absolute Gasteiger partial charge is 0.247 e. The van der Waals surface area contributed by atoms with E-state index in [1.165, 1.54) is 30.8 Å². The van der Waals surface area contributed by atoms with Crippen LogP contribution in [0.5, 0.6) is 0 Å². The van der Waals surface area contributed by atoms with Gasteiger partial charge in [-0.25, -0.2) is 8.78 Å². The summed E-state index contributed by atoms with van der Waals surface area (Å²) in [5.41, 5.74) is -0.232. The van der Waals surface area contributed by atoms with Crippen LogP contribution in [0.2, 0.25) is 0 Å². The van der Waals surface area contributed by atoms with E-state index < -0.39 is 11.6 Å². The second kappa shape index (κ2) is 6.85. The van der Waals surface area contributed by atoms with Gasteiger partial charge in [0.05, 0.1) is 6.20 Å². The Morgan fingerprint density at radius 2 is 2.04 bits per heavy atom. The molecule has 0 radical (unpaired) electrons. The van der Waals surface area contributed by atoms with Crippen molar-refractivity contribution >= 4 is 17.5 Å². The van der Waals surface area contributed by atoms with Gasteiger partial charge in [0.2, 0.25) is 5.95 Å². The summed E-state index contributed by atoms with van der Waals surface area (Å²) in [4.78, 5) is 6.50. The van der Waals surface area contributed by atoms with Gasteiger partial charge in [0.15, 0.2) is 5.82 Å². The van der Waals surface area contributed by atoms with E-state index >= 15 is 0 Å². The Hall–Kier alpha value is -2.31. The van der Waals surface area contributed by atoms with E-state index in [-0.39, 0.29) is 11.5 Å². The Labute approximate surface area is 133 Å². The van der Waals surface area contributed by atoms with Crippen LogP contribution in [0.25, 0.3) is 0 Å². The van der Waals surface area contributed by atoms with Crippen molar-refractivity contribution in [3.8, 4) is 0 Å². The zero-order chi connectivity index (χ0) is 16.2. The molecule has 0 spiro atoms. The lowest BCUT2D eigenvalue weighted by molar-refractivity contribution is 0.442. The van der Waals surface area contributed by atoms with Crippen LogP contribution >= 0.6 is 0 Å². The molecule has 23 heavy (non-hydrogen) atoms. The zero-order valence-electron chi connectivity index (χ0n) is 13.0. The van der Waals surface area contributed by atoms with E-state index in [0.29, 0.717) is 12.0 Å². The first-order chi connectivity index (χ1) is 11.2. The number of nitrogens with one attached hydrogen (secondary N) is 1. The molecule has 0 saturated carbocycles. The lowest BCUT2D eigenvalue weighted by Gasteiger charge is -2.34. The summed E-state index contributed by atoms with van der Waals surface area (Å²) in [6.45, 7) is 3.00. The van der Waals surface area contributed by atoms with Crippen LogP contribution in [0, 0.1) is 11.6 Å². The summed E-state index contributed by atoms with van der Waals surface area (Å²) in [6, 6.07) is 4.09. The zero-order valence-corrected chi connectivity index (χ0v) is 13.0. The first-order valence-corrected chi connectivity index (χ1v) is 7.86. The summed E-state index contributed by atoms with van der Waals surface area (Å²) in [6.07, 6.45) is 5.74. The van der Waals surface area contributed by atoms with E-state index in [1.54, 1.807) is 0 Å². The molecule has 1 aromatic carbocycles. The third kappa shape index (κ3) is 3.38. The maximum Gasteiger partial charge on any atom is 0.247 e. The molecular formula is C16H19F2N5. The van der Waals surface area contributed by atoms with Crippen molar-refractivity contribution in [1.82, 2.24) is 15.2 Å². The predicted molar refractivity (Wildman–Crippen MR) is 84.7 cm³/mol. The fourth-order valence-corrected chi connectivity index (χ4v) is 2.91. The minimum atomic E-state index is -0.672. The van der Waals surface area contributed by atoms with Gasteiger partial charge in [-0.05, 0) is 37.8 Å². The number of piperidine rings is 1. The first kappa shape index (κ1) is 15.6. The van der Waals surface area contributed by atoms with Crippen LogP contribution in [0.1, 0.15) is 32.6 Å². The van der Waals surface area contributed by atoms with Crippen LogP contribution in [-0.4, -0.2) is 27.8 Å². The minimum Gasteiger partial charge on any atom is -0.336 e. The number of nitrogens with zero attached hydrogens (tertiary/aromatic N) is 4. The second-order valence-electron chi connectivity index (χ2n) is 5.61. The number of rotatable bonds is 4. The standard InChI is InChI=1S/C16H19F2N5/c1-2-11-6-3-4-9-23(11)16-21-14(10-19-22-16)20-15-12(17)7-5-8-13(15)18/h5,7-8,10-11H,2-4,6,9H2,1H3,(H,20,21,22). The summed E-state index contributed by atoms with van der Waals surface area (Å²) in [7, 11) is 0. The molecular weight excluding hydrogens is 300 g/mol. The van der Waals surface area contributed by atoms with Gasteiger partial charge in [0.1, 0.15) is 17.3 Å². The highest BCUT2D eigenvalue weighted by molar-refractivity contribution is 5.57. The van der Waals surface area contributed by atoms with E-state index in [4.69, 9.17) is 0 Å². The Morgan fingerprint density at radius 1 is 1.26 bits per heavy atom. The quantitative estimate of drug-likeness (QED) is 0.932. The van der Waals surface area contributed by atoms with Gasteiger partial charge in [0.25, 0.3) is 0 Å². The summed E-state index contributed by atoms with van der Waals surface area (Å²) in [5.74, 6) is -0.568. The predicted octanol–water partition coefficient (Wildman–Crippen LogP) is 3.66. The third-order valence-electron chi connectivity index (χ3n) is 4.12. The summed E-state index contributed by atoms with van der Waals surface area (Å²) >= 11 is 0. The summed E-state index contributed by atoms with van der Waals surface area (Å²) < 4.78 is 27.5. The highest BCUT2D eigenvalue weighted by Gasteiger charge is 2.23. The van der Waals surface area contributed by atoms with Crippen molar-refractivity contribution in [1.29, 1.82) is 0 Å². The molecule has 2 heterocycles. The average molecular weight is 319 g/mol. The molecule has 0 bridgehead atoms. The minimum absolute atomic E-state index is 0.232. The van der Waals surface area contributed by atoms with Crippen LogP contribution in [-0.2, 0) is 0 Å². The fraction of sp³-hybridized carbons (Fsp3) is 0.438. The van der Waals surface area contributed by atoms with Crippen molar-refractivity contribution < 1.29 is 8.78 Å². The highest BCUT2D eigenvalue weighted by Crippen LogP contribution is 2.26. The molecule has 3 rings (SSSR count). The largest absolute Gasteiger partial charge is 0.336 e. The molecule has 1 fully saturated rings. The first-order valence-electron chi connectivity index (χ1n) is 7.86. The van der Waals surface area contributed by atoms with Crippen molar-refractivity contribution in [3.63, 3.8) is 0 Å². The SMILES string of the molecule is CCC1CCCCN1c1nncc(Nc2c(F)cccc2F)n1. The number of anilines is 3. The molecule has 1 N–H and O–H groups in total. The van der Waals surface area contributed by atoms with Gasteiger partial charge in [-0.2, -0.15) is 10.1 Å². The number of halogens is 2. The Morgan fingerprint density at radius 3 is 2.78 bits per heavy atom. The van der Waals surface area contributed by atoms with Gasteiger partial charge >= 0.3 is 0 Å². The maximum atomic E-state index is 13.7. The fourth-order valence-electron chi connectivity index (χ4n) is 2.91. The van der Waals surface area contributed by atoms with Gasteiger partial charge < -0.3 is 10.2 Å². The second-order valence-corrected chi connectivity index (χ2v) is 5.61. The molecule has 7 heteroatoms. The van der Waals surface area contributed by atoms with E-state index in [0.717, 1.165) is 25.8 Å². The summed E-state index contributed by atoms with van der Waals surface area (Å²) in [5, 5.41) is 10.7. The topological polar surface area (TPSA) is 53.9 Å². The Kier molecular flexibility index (Phi) is 4.64. The van der Waals surface area contributed by atoms with Crippen molar-refractivity contribution in [3.05, 3.63) is 36.0 Å². The number of hydrogen-bond donors (Lipinski definition) is 1. The highest BCUT2D eigenvalue weighted by atomic mass is 19.1. The monoisotopic (exact) mass is 319 g/mol. The molecule has 1 aliphatic rings. The Balaban J connectivity index is 1.85. The molecule has 1 aromatic heterocycles. The average Bonchev–Trinajstić information content (AvgIpc) is 2.58. The molecule has 1 atom stereocenters. The molecule has 1 aliphatic heterocycles.